The Balaban J connectivity index is 2.73. The van der Waals surface area contributed by atoms with Gasteiger partial charge in [0.15, 0.2) is 0 Å². The largest absolute Gasteiger partial charge is 0.399 e. The van der Waals surface area contributed by atoms with Gasteiger partial charge in [-0.1, -0.05) is 0 Å². The Kier molecular flexibility index (Phi) is 3.01. The molecular weight excluding hydrogens is 154 g/mol. The molecule has 0 saturated carbocycles. The van der Waals surface area contributed by atoms with Crippen LogP contribution in [0.25, 0.3) is 0 Å². The number of rotatable bonds is 3. The molecule has 0 aromatic carbocycles. The van der Waals surface area contributed by atoms with E-state index in [1.807, 2.05) is 0 Å². The van der Waals surface area contributed by atoms with Gasteiger partial charge in [0.05, 0.1) is 5.69 Å². The first-order valence-electron chi connectivity index (χ1n) is 3.82. The number of nitrogen functional groups attached to an aromatic ring is 1. The Morgan fingerprint density at radius 1 is 1.58 bits per heavy atom. The van der Waals surface area contributed by atoms with Crippen LogP contribution in [0.4, 0.5) is 5.69 Å². The van der Waals surface area contributed by atoms with Gasteiger partial charge in [0, 0.05) is 24.5 Å². The summed E-state index contributed by atoms with van der Waals surface area (Å²) in [5.41, 5.74) is 12.6. The number of hydrogen-bond donors (Lipinski definition) is 3. The minimum absolute atomic E-state index is 0.0671. The van der Waals surface area contributed by atoms with E-state index in [0.29, 0.717) is 12.1 Å². The fourth-order valence-electron chi connectivity index (χ4n) is 0.955. The summed E-state index contributed by atoms with van der Waals surface area (Å²) in [6.45, 7) is 0.0671. The zero-order valence-corrected chi connectivity index (χ0v) is 6.77. The summed E-state index contributed by atoms with van der Waals surface area (Å²) >= 11 is 0. The lowest BCUT2D eigenvalue weighted by Crippen LogP contribution is -2.13. The number of nitrogens with zero attached hydrogens (tertiary/aromatic N) is 1. The summed E-state index contributed by atoms with van der Waals surface area (Å²) < 4.78 is 0. The lowest BCUT2D eigenvalue weighted by Gasteiger charge is -2.08. The lowest BCUT2D eigenvalue weighted by molar-refractivity contribution is 0.275. The molecule has 0 unspecified atom stereocenters. The summed E-state index contributed by atoms with van der Waals surface area (Å²) in [6.07, 6.45) is 2.12. The molecule has 4 nitrogen and oxygen atoms in total. The van der Waals surface area contributed by atoms with E-state index >= 15 is 0 Å². The van der Waals surface area contributed by atoms with Crippen molar-refractivity contribution in [2.75, 3.05) is 12.3 Å². The molecule has 1 heterocycles. The standard InChI is InChI=1S/C8H13N3O/c9-6-1-3-11-8(5-6)7(10)2-4-12/h1,3,5,7,12H,2,4,10H2,(H2,9,11)/t7-/m1/s1. The van der Waals surface area contributed by atoms with E-state index in [-0.39, 0.29) is 12.6 Å². The van der Waals surface area contributed by atoms with Crippen molar-refractivity contribution >= 4 is 5.69 Å². The molecule has 0 saturated heterocycles. The normalized spacial score (nSPS) is 12.8. The van der Waals surface area contributed by atoms with Crippen molar-refractivity contribution in [2.45, 2.75) is 12.5 Å². The third-order valence-electron chi connectivity index (χ3n) is 1.63. The third kappa shape index (κ3) is 2.18. The first-order chi connectivity index (χ1) is 5.74. The summed E-state index contributed by atoms with van der Waals surface area (Å²) in [4.78, 5) is 4.04. The van der Waals surface area contributed by atoms with Crippen LogP contribution >= 0.6 is 0 Å². The van der Waals surface area contributed by atoms with Gasteiger partial charge in [-0.3, -0.25) is 4.98 Å². The zero-order valence-electron chi connectivity index (χ0n) is 6.77. The molecule has 0 aliphatic rings. The lowest BCUT2D eigenvalue weighted by atomic mass is 10.1. The molecule has 0 aliphatic heterocycles. The number of nitrogens with two attached hydrogens (primary N) is 2. The number of aliphatic hydroxyl groups is 1. The molecule has 4 heteroatoms. The summed E-state index contributed by atoms with van der Waals surface area (Å²) in [5.74, 6) is 0. The SMILES string of the molecule is Nc1ccnc([C@H](N)CCO)c1. The van der Waals surface area contributed by atoms with Crippen molar-refractivity contribution in [1.29, 1.82) is 0 Å². The molecule has 12 heavy (non-hydrogen) atoms. The average molecular weight is 167 g/mol. The van der Waals surface area contributed by atoms with Crippen LogP contribution in [0.1, 0.15) is 18.2 Å². The Bertz CT molecular complexity index is 252. The van der Waals surface area contributed by atoms with Gasteiger partial charge in [-0.05, 0) is 18.6 Å². The van der Waals surface area contributed by atoms with E-state index in [0.717, 1.165) is 5.69 Å². The minimum Gasteiger partial charge on any atom is -0.399 e. The molecule has 0 bridgehead atoms. The van der Waals surface area contributed by atoms with Crippen LogP contribution < -0.4 is 11.5 Å². The van der Waals surface area contributed by atoms with Gasteiger partial charge >= 0.3 is 0 Å². The van der Waals surface area contributed by atoms with Crippen LogP contribution in [0.2, 0.25) is 0 Å². The maximum atomic E-state index is 8.63. The Hall–Kier alpha value is -1.13. The maximum absolute atomic E-state index is 8.63. The predicted molar refractivity (Wildman–Crippen MR) is 47.3 cm³/mol. The Morgan fingerprint density at radius 2 is 2.33 bits per heavy atom. The first kappa shape index (κ1) is 8.96. The van der Waals surface area contributed by atoms with Crippen molar-refractivity contribution in [3.63, 3.8) is 0 Å². The van der Waals surface area contributed by atoms with Crippen LogP contribution in [-0.4, -0.2) is 16.7 Å². The quantitative estimate of drug-likeness (QED) is 0.593. The van der Waals surface area contributed by atoms with E-state index in [9.17, 15) is 0 Å². The topological polar surface area (TPSA) is 85.2 Å². The molecule has 0 radical (unpaired) electrons. The van der Waals surface area contributed by atoms with Gasteiger partial charge in [0.25, 0.3) is 0 Å². The Morgan fingerprint density at radius 3 is 2.92 bits per heavy atom. The number of anilines is 1. The van der Waals surface area contributed by atoms with E-state index in [1.54, 1.807) is 18.3 Å². The minimum atomic E-state index is -0.224. The fraction of sp³-hybridized carbons (Fsp3) is 0.375. The molecule has 5 N–H and O–H groups in total. The summed E-state index contributed by atoms with van der Waals surface area (Å²) in [7, 11) is 0. The molecule has 1 aromatic rings. The van der Waals surface area contributed by atoms with Crippen LogP contribution in [0.3, 0.4) is 0 Å². The molecule has 1 aromatic heterocycles. The first-order valence-corrected chi connectivity index (χ1v) is 3.82. The summed E-state index contributed by atoms with van der Waals surface area (Å²) in [5, 5.41) is 8.63. The average Bonchev–Trinajstić information content (AvgIpc) is 2.05. The molecule has 66 valence electrons. The number of pyridine rings is 1. The van der Waals surface area contributed by atoms with Gasteiger partial charge in [0.1, 0.15) is 0 Å². The van der Waals surface area contributed by atoms with Crippen molar-refractivity contribution in [2.24, 2.45) is 5.73 Å². The van der Waals surface area contributed by atoms with Crippen LogP contribution in [-0.2, 0) is 0 Å². The third-order valence-corrected chi connectivity index (χ3v) is 1.63. The number of aromatic nitrogens is 1. The highest BCUT2D eigenvalue weighted by molar-refractivity contribution is 5.37. The van der Waals surface area contributed by atoms with E-state index in [2.05, 4.69) is 4.98 Å². The van der Waals surface area contributed by atoms with E-state index < -0.39 is 0 Å². The van der Waals surface area contributed by atoms with Gasteiger partial charge in [-0.15, -0.1) is 0 Å². The molecule has 0 fully saturated rings. The monoisotopic (exact) mass is 167 g/mol. The van der Waals surface area contributed by atoms with Crippen LogP contribution in [0, 0.1) is 0 Å². The molecular formula is C8H13N3O. The maximum Gasteiger partial charge on any atom is 0.0592 e. The second-order valence-electron chi connectivity index (χ2n) is 2.63. The fourth-order valence-corrected chi connectivity index (χ4v) is 0.955. The molecule has 0 amide bonds. The van der Waals surface area contributed by atoms with Gasteiger partial charge < -0.3 is 16.6 Å². The highest BCUT2D eigenvalue weighted by Gasteiger charge is 2.05. The molecule has 1 atom stereocenters. The predicted octanol–water partition coefficient (Wildman–Crippen LogP) is 0.0460. The van der Waals surface area contributed by atoms with Gasteiger partial charge in [-0.2, -0.15) is 0 Å². The second-order valence-corrected chi connectivity index (χ2v) is 2.63. The van der Waals surface area contributed by atoms with E-state index in [1.165, 1.54) is 0 Å². The number of hydrogen-bond acceptors (Lipinski definition) is 4. The van der Waals surface area contributed by atoms with Crippen molar-refractivity contribution in [3.05, 3.63) is 24.0 Å². The Labute approximate surface area is 71.2 Å². The van der Waals surface area contributed by atoms with Crippen molar-refractivity contribution in [1.82, 2.24) is 4.98 Å². The van der Waals surface area contributed by atoms with Crippen molar-refractivity contribution in [3.8, 4) is 0 Å². The smallest absolute Gasteiger partial charge is 0.0592 e. The van der Waals surface area contributed by atoms with Crippen LogP contribution in [0.5, 0.6) is 0 Å². The molecule has 1 rings (SSSR count). The van der Waals surface area contributed by atoms with Gasteiger partial charge in [0.2, 0.25) is 0 Å². The second kappa shape index (κ2) is 4.04. The highest BCUT2D eigenvalue weighted by atomic mass is 16.3. The van der Waals surface area contributed by atoms with Crippen LogP contribution in [0.15, 0.2) is 18.3 Å². The summed E-state index contributed by atoms with van der Waals surface area (Å²) in [6, 6.07) is 3.20. The molecule has 0 aliphatic carbocycles. The van der Waals surface area contributed by atoms with E-state index in [4.69, 9.17) is 16.6 Å². The highest BCUT2D eigenvalue weighted by Crippen LogP contribution is 2.12. The number of aliphatic hydroxyl groups excluding tert-OH is 1. The van der Waals surface area contributed by atoms with Crippen molar-refractivity contribution < 1.29 is 5.11 Å². The zero-order chi connectivity index (χ0) is 8.97. The van der Waals surface area contributed by atoms with Gasteiger partial charge in [-0.25, -0.2) is 0 Å². The molecule has 0 spiro atoms.